The zero-order chi connectivity index (χ0) is 32.2. The van der Waals surface area contributed by atoms with Crippen LogP contribution in [0.4, 0.5) is 5.69 Å². The van der Waals surface area contributed by atoms with Crippen molar-refractivity contribution in [2.75, 3.05) is 5.73 Å². The molecule has 46 heavy (non-hydrogen) atoms. The number of benzene rings is 2. The number of nitrogens with two attached hydrogens (primary N) is 2. The molecule has 2 fully saturated rings. The molecular weight excluding hydrogens is 572 g/mol. The third-order valence-electron chi connectivity index (χ3n) is 10.6. The Bertz CT molecular complexity index is 1560. The van der Waals surface area contributed by atoms with E-state index in [4.69, 9.17) is 20.9 Å². The van der Waals surface area contributed by atoms with Crippen LogP contribution in [0.15, 0.2) is 83.7 Å². The fourth-order valence-electron chi connectivity index (χ4n) is 7.58. The number of ether oxygens (including phenoxy) is 2. The van der Waals surface area contributed by atoms with E-state index in [0.29, 0.717) is 64.1 Å². The van der Waals surface area contributed by atoms with Crippen molar-refractivity contribution in [3.63, 3.8) is 0 Å². The Morgan fingerprint density at radius 3 is 2.09 bits per heavy atom. The van der Waals surface area contributed by atoms with Crippen LogP contribution in [0.2, 0.25) is 0 Å². The van der Waals surface area contributed by atoms with Gasteiger partial charge in [-0.15, -0.1) is 0 Å². The molecule has 0 bridgehead atoms. The van der Waals surface area contributed by atoms with Crippen LogP contribution in [0.5, 0.6) is 5.75 Å². The average molecular weight is 621 g/mol. The fourth-order valence-corrected chi connectivity index (χ4v) is 7.58. The lowest BCUT2D eigenvalue weighted by atomic mass is 9.77. The number of rotatable bonds is 7. The van der Waals surface area contributed by atoms with Gasteiger partial charge in [0, 0.05) is 23.7 Å². The predicted molar refractivity (Wildman–Crippen MR) is 184 cm³/mol. The van der Waals surface area contributed by atoms with Gasteiger partial charge >= 0.3 is 11.9 Å². The summed E-state index contributed by atoms with van der Waals surface area (Å²) < 4.78 is 11.8. The number of allylic oxidation sites excluding steroid dienone is 6. The molecule has 4 N–H and O–H groups in total. The van der Waals surface area contributed by atoms with E-state index in [1.165, 1.54) is 62.5 Å². The molecule has 0 saturated heterocycles. The smallest absolute Gasteiger partial charge is 0.343 e. The molecule has 242 valence electrons. The second kappa shape index (κ2) is 14.3. The van der Waals surface area contributed by atoms with Crippen molar-refractivity contribution in [2.45, 2.75) is 96.4 Å². The molecule has 2 saturated carbocycles. The summed E-state index contributed by atoms with van der Waals surface area (Å²) in [6.45, 7) is 4.66. The average Bonchev–Trinajstić information content (AvgIpc) is 3.06. The molecule has 0 spiro atoms. The summed E-state index contributed by atoms with van der Waals surface area (Å²) in [5.41, 5.74) is 17.5. The standard InChI is InChI=1S/C40H48N2O4/c1-25-3-7-27(8-4-25)29-11-17-33(18-12-29)45-39(43)37-23-31(41)15-21-35(37)36-22-16-32(42)24-38(36)40(44)46-34-19-13-30(14-20-34)28-9-5-26(2)6-10-28/h11-13,15-19,21-22,24-28,31H,3-10,14,20,23,41-42H2,1-2H3. The first-order valence-electron chi connectivity index (χ1n) is 17.2. The summed E-state index contributed by atoms with van der Waals surface area (Å²) in [7, 11) is 0. The largest absolute Gasteiger partial charge is 0.427 e. The molecular formula is C40H48N2O4. The Labute approximate surface area is 273 Å². The second-order valence-corrected chi connectivity index (χ2v) is 14.1. The highest BCUT2D eigenvalue weighted by Gasteiger charge is 2.28. The van der Waals surface area contributed by atoms with E-state index in [1.807, 2.05) is 24.3 Å². The first-order valence-corrected chi connectivity index (χ1v) is 17.2. The summed E-state index contributed by atoms with van der Waals surface area (Å²) in [4.78, 5) is 27.3. The maximum absolute atomic E-state index is 13.6. The highest BCUT2D eigenvalue weighted by atomic mass is 16.5. The third kappa shape index (κ3) is 7.55. The maximum atomic E-state index is 13.6. The van der Waals surface area contributed by atoms with Gasteiger partial charge in [-0.25, -0.2) is 9.59 Å². The molecule has 1 atom stereocenters. The summed E-state index contributed by atoms with van der Waals surface area (Å²) >= 11 is 0. The molecule has 0 heterocycles. The predicted octanol–water partition coefficient (Wildman–Crippen LogP) is 8.80. The van der Waals surface area contributed by atoms with Crippen LogP contribution in [0.25, 0.3) is 5.57 Å². The van der Waals surface area contributed by atoms with Gasteiger partial charge in [-0.1, -0.05) is 81.5 Å². The first-order chi connectivity index (χ1) is 22.2. The minimum Gasteiger partial charge on any atom is -0.427 e. The van der Waals surface area contributed by atoms with Crippen molar-refractivity contribution in [3.8, 4) is 5.75 Å². The minimum absolute atomic E-state index is 0.292. The number of carbonyl (C=O) groups excluding carboxylic acids is 2. The quantitative estimate of drug-likeness (QED) is 0.182. The highest BCUT2D eigenvalue weighted by Crippen LogP contribution is 2.39. The normalized spacial score (nSPS) is 26.6. The van der Waals surface area contributed by atoms with Gasteiger partial charge in [0.25, 0.3) is 0 Å². The van der Waals surface area contributed by atoms with E-state index in [1.54, 1.807) is 24.3 Å². The summed E-state index contributed by atoms with van der Waals surface area (Å²) in [5.74, 6) is 2.97. The number of nitrogen functional groups attached to an aromatic ring is 1. The van der Waals surface area contributed by atoms with Crippen molar-refractivity contribution in [3.05, 3.63) is 100 Å². The Kier molecular flexibility index (Phi) is 9.93. The van der Waals surface area contributed by atoms with Crippen LogP contribution < -0.4 is 16.2 Å². The highest BCUT2D eigenvalue weighted by molar-refractivity contribution is 6.06. The minimum atomic E-state index is -0.493. The van der Waals surface area contributed by atoms with Crippen molar-refractivity contribution in [2.24, 2.45) is 23.5 Å². The van der Waals surface area contributed by atoms with Gasteiger partial charge in [-0.3, -0.25) is 0 Å². The van der Waals surface area contributed by atoms with Crippen LogP contribution >= 0.6 is 0 Å². The second-order valence-electron chi connectivity index (χ2n) is 14.1. The van der Waals surface area contributed by atoms with Gasteiger partial charge in [-0.2, -0.15) is 0 Å². The lowest BCUT2D eigenvalue weighted by Gasteiger charge is -2.29. The first kappa shape index (κ1) is 32.1. The Hall–Kier alpha value is -3.90. The lowest BCUT2D eigenvalue weighted by Crippen LogP contribution is -2.26. The Balaban J connectivity index is 1.20. The molecule has 2 aromatic rings. The van der Waals surface area contributed by atoms with E-state index in [2.05, 4.69) is 32.1 Å². The van der Waals surface area contributed by atoms with Gasteiger partial charge in [0.05, 0.1) is 5.56 Å². The van der Waals surface area contributed by atoms with Crippen LogP contribution in [-0.4, -0.2) is 18.0 Å². The molecule has 6 rings (SSSR count). The van der Waals surface area contributed by atoms with Crippen LogP contribution in [-0.2, 0) is 9.53 Å². The molecule has 4 aliphatic carbocycles. The lowest BCUT2D eigenvalue weighted by molar-refractivity contribution is -0.130. The van der Waals surface area contributed by atoms with E-state index in [9.17, 15) is 9.59 Å². The van der Waals surface area contributed by atoms with Gasteiger partial charge in [0.15, 0.2) is 0 Å². The van der Waals surface area contributed by atoms with Gasteiger partial charge < -0.3 is 20.9 Å². The molecule has 0 aromatic heterocycles. The van der Waals surface area contributed by atoms with E-state index in [0.717, 1.165) is 18.3 Å². The zero-order valence-corrected chi connectivity index (χ0v) is 27.3. The molecule has 6 nitrogen and oxygen atoms in total. The number of carbonyl (C=O) groups is 2. The van der Waals surface area contributed by atoms with Gasteiger partial charge in [0.2, 0.25) is 0 Å². The van der Waals surface area contributed by atoms with Crippen LogP contribution in [0.3, 0.4) is 0 Å². The van der Waals surface area contributed by atoms with Crippen molar-refractivity contribution in [1.82, 2.24) is 0 Å². The number of hydrogen-bond acceptors (Lipinski definition) is 6. The van der Waals surface area contributed by atoms with E-state index >= 15 is 0 Å². The van der Waals surface area contributed by atoms with E-state index < -0.39 is 11.9 Å². The number of esters is 2. The molecule has 0 aliphatic heterocycles. The van der Waals surface area contributed by atoms with Crippen molar-refractivity contribution in [1.29, 1.82) is 0 Å². The molecule has 0 radical (unpaired) electrons. The topological polar surface area (TPSA) is 105 Å². The number of anilines is 1. The molecule has 1 unspecified atom stereocenters. The molecule has 4 aliphatic rings. The Morgan fingerprint density at radius 1 is 0.761 bits per heavy atom. The molecule has 0 amide bonds. The molecule has 6 heteroatoms. The van der Waals surface area contributed by atoms with E-state index in [-0.39, 0.29) is 6.04 Å². The third-order valence-corrected chi connectivity index (χ3v) is 10.6. The summed E-state index contributed by atoms with van der Waals surface area (Å²) in [6.07, 6.45) is 19.6. The molecule has 2 aromatic carbocycles. The van der Waals surface area contributed by atoms with Crippen LogP contribution in [0, 0.1) is 17.8 Å². The van der Waals surface area contributed by atoms with Crippen LogP contribution in [0.1, 0.15) is 112 Å². The maximum Gasteiger partial charge on any atom is 0.343 e. The summed E-state index contributed by atoms with van der Waals surface area (Å²) in [5, 5.41) is 0. The van der Waals surface area contributed by atoms with Crippen molar-refractivity contribution >= 4 is 23.2 Å². The SMILES string of the molecule is CC1CCC(C2=CC=C(OC(=O)c3cc(N)ccc3C3=C(C(=O)Oc4ccc(C5CCC(C)CC5)cc4)CC(N)C=C3)CC2)CC1. The number of hydrogen-bond donors (Lipinski definition) is 2. The van der Waals surface area contributed by atoms with Gasteiger partial charge in [0.1, 0.15) is 11.5 Å². The zero-order valence-electron chi connectivity index (χ0n) is 27.3. The Morgan fingerprint density at radius 2 is 1.43 bits per heavy atom. The van der Waals surface area contributed by atoms with Gasteiger partial charge in [-0.05, 0) is 109 Å². The monoisotopic (exact) mass is 620 g/mol. The summed E-state index contributed by atoms with van der Waals surface area (Å²) in [6, 6.07) is 12.7. The van der Waals surface area contributed by atoms with Crippen molar-refractivity contribution < 1.29 is 19.1 Å². The fraction of sp³-hybridized carbons (Fsp3) is 0.450.